The highest BCUT2D eigenvalue weighted by Crippen LogP contribution is 2.27. The van der Waals surface area contributed by atoms with Crippen molar-refractivity contribution in [2.24, 2.45) is 5.92 Å². The van der Waals surface area contributed by atoms with Crippen molar-refractivity contribution >= 4 is 5.69 Å². The summed E-state index contributed by atoms with van der Waals surface area (Å²) in [6.07, 6.45) is 8.43. The number of anilines is 1. The second-order valence-corrected chi connectivity index (χ2v) is 6.02. The summed E-state index contributed by atoms with van der Waals surface area (Å²) in [5, 5.41) is 0. The number of benzene rings is 1. The molecule has 2 heteroatoms. The summed E-state index contributed by atoms with van der Waals surface area (Å²) in [5.74, 6) is 0.953. The van der Waals surface area contributed by atoms with Gasteiger partial charge in [-0.15, -0.1) is 0 Å². The van der Waals surface area contributed by atoms with Gasteiger partial charge in [0.1, 0.15) is 0 Å². The summed E-state index contributed by atoms with van der Waals surface area (Å²) in [5.41, 5.74) is 9.72. The molecule has 0 aromatic heterocycles. The van der Waals surface area contributed by atoms with Crippen LogP contribution in [0.4, 0.5) is 5.69 Å². The molecule has 0 amide bonds. The lowest BCUT2D eigenvalue weighted by atomic mass is 9.88. The van der Waals surface area contributed by atoms with Crippen molar-refractivity contribution < 1.29 is 0 Å². The van der Waals surface area contributed by atoms with Crippen LogP contribution in [0.5, 0.6) is 0 Å². The lowest BCUT2D eigenvalue weighted by molar-refractivity contribution is 0.187. The van der Waals surface area contributed by atoms with Crippen LogP contribution in [0.15, 0.2) is 18.2 Å². The third-order valence-electron chi connectivity index (χ3n) is 4.56. The van der Waals surface area contributed by atoms with Crippen LogP contribution in [-0.2, 0) is 13.0 Å². The van der Waals surface area contributed by atoms with E-state index in [4.69, 9.17) is 5.73 Å². The largest absolute Gasteiger partial charge is 0.399 e. The minimum absolute atomic E-state index is 0.912. The van der Waals surface area contributed by atoms with Gasteiger partial charge >= 0.3 is 0 Å². The van der Waals surface area contributed by atoms with E-state index in [2.05, 4.69) is 17.0 Å². The average Bonchev–Trinajstić information content (AvgIpc) is 2.40. The van der Waals surface area contributed by atoms with Crippen molar-refractivity contribution in [3.8, 4) is 0 Å². The smallest absolute Gasteiger partial charge is 0.0316 e. The second kappa shape index (κ2) is 5.31. The van der Waals surface area contributed by atoms with Gasteiger partial charge < -0.3 is 5.73 Å². The van der Waals surface area contributed by atoms with Gasteiger partial charge in [-0.25, -0.2) is 0 Å². The molecule has 1 saturated carbocycles. The Morgan fingerprint density at radius 1 is 1.11 bits per heavy atom. The fourth-order valence-corrected chi connectivity index (χ4v) is 3.52. The fraction of sp³-hybridized carbons (Fsp3) is 0.625. The number of nitrogens with two attached hydrogens (primary N) is 1. The first-order valence-corrected chi connectivity index (χ1v) is 7.41. The molecule has 0 saturated heterocycles. The number of nitrogen functional groups attached to an aromatic ring is 1. The molecule has 2 N–H and O–H groups in total. The van der Waals surface area contributed by atoms with Gasteiger partial charge in [-0.1, -0.05) is 25.3 Å². The lowest BCUT2D eigenvalue weighted by Gasteiger charge is -2.33. The number of hydrogen-bond donors (Lipinski definition) is 1. The molecule has 3 rings (SSSR count). The molecule has 0 unspecified atom stereocenters. The van der Waals surface area contributed by atoms with E-state index in [1.54, 1.807) is 0 Å². The summed E-state index contributed by atoms with van der Waals surface area (Å²) < 4.78 is 0. The average molecular weight is 244 g/mol. The van der Waals surface area contributed by atoms with Crippen LogP contribution in [0, 0.1) is 5.92 Å². The van der Waals surface area contributed by atoms with Gasteiger partial charge in [-0.05, 0) is 48.4 Å². The molecule has 1 aromatic rings. The summed E-state index contributed by atoms with van der Waals surface area (Å²) in [4.78, 5) is 2.65. The number of fused-ring (bicyclic) bond motifs is 1. The molecular weight excluding hydrogens is 220 g/mol. The normalized spacial score (nSPS) is 21.8. The van der Waals surface area contributed by atoms with Crippen molar-refractivity contribution in [1.29, 1.82) is 0 Å². The molecule has 0 atom stereocenters. The molecular formula is C16H24N2. The van der Waals surface area contributed by atoms with E-state index in [9.17, 15) is 0 Å². The van der Waals surface area contributed by atoms with Gasteiger partial charge in [-0.3, -0.25) is 4.90 Å². The van der Waals surface area contributed by atoms with E-state index in [-0.39, 0.29) is 0 Å². The molecule has 1 aromatic carbocycles. The van der Waals surface area contributed by atoms with E-state index in [1.807, 2.05) is 6.07 Å². The monoisotopic (exact) mass is 244 g/mol. The Balaban J connectivity index is 1.62. The molecule has 1 heterocycles. The van der Waals surface area contributed by atoms with E-state index in [0.717, 1.165) is 18.2 Å². The Labute approximate surface area is 110 Å². The molecule has 0 bridgehead atoms. The number of hydrogen-bond acceptors (Lipinski definition) is 2. The van der Waals surface area contributed by atoms with Gasteiger partial charge in [0.25, 0.3) is 0 Å². The summed E-state index contributed by atoms with van der Waals surface area (Å²) in [6, 6.07) is 6.42. The maximum Gasteiger partial charge on any atom is 0.0316 e. The predicted octanol–water partition coefficient (Wildman–Crippen LogP) is 3.21. The first-order valence-electron chi connectivity index (χ1n) is 7.41. The number of rotatable bonds is 2. The Hall–Kier alpha value is -1.02. The van der Waals surface area contributed by atoms with Gasteiger partial charge in [-0.2, -0.15) is 0 Å². The highest BCUT2D eigenvalue weighted by molar-refractivity contribution is 5.45. The fourth-order valence-electron chi connectivity index (χ4n) is 3.52. The van der Waals surface area contributed by atoms with Crippen LogP contribution in [-0.4, -0.2) is 18.0 Å². The minimum atomic E-state index is 0.912. The van der Waals surface area contributed by atoms with Crippen molar-refractivity contribution in [3.05, 3.63) is 29.3 Å². The molecule has 18 heavy (non-hydrogen) atoms. The molecule has 2 nitrogen and oxygen atoms in total. The van der Waals surface area contributed by atoms with E-state index in [0.29, 0.717) is 0 Å². The van der Waals surface area contributed by atoms with Gasteiger partial charge in [0.05, 0.1) is 0 Å². The highest BCUT2D eigenvalue weighted by Gasteiger charge is 2.21. The molecule has 2 aliphatic rings. The number of nitrogens with zero attached hydrogens (tertiary/aromatic N) is 1. The summed E-state index contributed by atoms with van der Waals surface area (Å²) in [7, 11) is 0. The quantitative estimate of drug-likeness (QED) is 0.809. The third kappa shape index (κ3) is 2.69. The van der Waals surface area contributed by atoms with Crippen LogP contribution in [0.2, 0.25) is 0 Å². The van der Waals surface area contributed by atoms with Crippen LogP contribution in [0.3, 0.4) is 0 Å². The predicted molar refractivity (Wildman–Crippen MR) is 76.4 cm³/mol. The van der Waals surface area contributed by atoms with Crippen LogP contribution < -0.4 is 5.73 Å². The summed E-state index contributed by atoms with van der Waals surface area (Å²) >= 11 is 0. The molecule has 0 spiro atoms. The Bertz CT molecular complexity index is 408. The molecule has 0 radical (unpaired) electrons. The summed E-state index contributed by atoms with van der Waals surface area (Å²) in [6.45, 7) is 3.66. The maximum absolute atomic E-state index is 5.85. The molecule has 1 aliphatic heterocycles. The van der Waals surface area contributed by atoms with Crippen LogP contribution in [0.1, 0.15) is 43.2 Å². The Morgan fingerprint density at radius 2 is 1.94 bits per heavy atom. The lowest BCUT2D eigenvalue weighted by Crippen LogP contribution is -2.35. The molecule has 98 valence electrons. The van der Waals surface area contributed by atoms with Crippen molar-refractivity contribution in [2.75, 3.05) is 18.8 Å². The first kappa shape index (κ1) is 12.0. The van der Waals surface area contributed by atoms with Gasteiger partial charge in [0, 0.05) is 25.3 Å². The Kier molecular flexibility index (Phi) is 3.55. The standard InChI is InChI=1S/C16H24N2/c17-16-7-6-15-12-18(9-8-14(15)10-16)11-13-4-2-1-3-5-13/h6-7,10,13H,1-5,8-9,11-12,17H2. The zero-order valence-electron chi connectivity index (χ0n) is 11.2. The van der Waals surface area contributed by atoms with E-state index >= 15 is 0 Å². The van der Waals surface area contributed by atoms with E-state index < -0.39 is 0 Å². The van der Waals surface area contributed by atoms with Crippen LogP contribution in [0.25, 0.3) is 0 Å². The second-order valence-electron chi connectivity index (χ2n) is 6.02. The zero-order valence-corrected chi connectivity index (χ0v) is 11.2. The minimum Gasteiger partial charge on any atom is -0.399 e. The topological polar surface area (TPSA) is 29.3 Å². The van der Waals surface area contributed by atoms with Crippen molar-refractivity contribution in [3.63, 3.8) is 0 Å². The van der Waals surface area contributed by atoms with Gasteiger partial charge in [0.2, 0.25) is 0 Å². The SMILES string of the molecule is Nc1ccc2c(c1)CCN(CC1CCCCC1)C2. The highest BCUT2D eigenvalue weighted by atomic mass is 15.1. The molecule has 1 aliphatic carbocycles. The van der Waals surface area contributed by atoms with E-state index in [1.165, 1.54) is 62.7 Å². The van der Waals surface area contributed by atoms with Crippen LogP contribution >= 0.6 is 0 Å². The zero-order chi connectivity index (χ0) is 12.4. The third-order valence-corrected chi connectivity index (χ3v) is 4.56. The van der Waals surface area contributed by atoms with Crippen molar-refractivity contribution in [2.45, 2.75) is 45.1 Å². The molecule has 1 fully saturated rings. The Morgan fingerprint density at radius 3 is 2.78 bits per heavy atom. The first-order chi connectivity index (χ1) is 8.81. The van der Waals surface area contributed by atoms with Crippen molar-refractivity contribution in [1.82, 2.24) is 4.90 Å². The van der Waals surface area contributed by atoms with Gasteiger partial charge in [0.15, 0.2) is 0 Å². The maximum atomic E-state index is 5.85.